The molecule has 2 atom stereocenters. The Bertz CT molecular complexity index is 1480. The van der Waals surface area contributed by atoms with Crippen LogP contribution in [0.3, 0.4) is 0 Å². The molecule has 0 fully saturated rings. The summed E-state index contributed by atoms with van der Waals surface area (Å²) in [7, 11) is 3.41. The fraction of sp³-hybridized carbons (Fsp3) is 0.526. The summed E-state index contributed by atoms with van der Waals surface area (Å²) in [6, 6.07) is 14.9. The van der Waals surface area contributed by atoms with Gasteiger partial charge in [0.05, 0.1) is 41.4 Å². The third-order valence-corrected chi connectivity index (χ3v) is 8.87. The number of para-hydroxylation sites is 1. The van der Waals surface area contributed by atoms with E-state index >= 15 is 0 Å². The van der Waals surface area contributed by atoms with Crippen molar-refractivity contribution in [1.29, 1.82) is 0 Å². The number of carbonyl (C=O) groups is 4. The molecule has 3 amide bonds. The van der Waals surface area contributed by atoms with E-state index in [0.717, 1.165) is 36.7 Å². The number of ether oxygens (including phenoxy) is 3. The number of amides is 3. The molecular formula is C38H56N6O7. The highest BCUT2D eigenvalue weighted by molar-refractivity contribution is 6.01. The normalized spacial score (nSPS) is 15.4. The van der Waals surface area contributed by atoms with E-state index in [2.05, 4.69) is 21.3 Å². The molecule has 2 unspecified atom stereocenters. The smallest absolute Gasteiger partial charge is 0.407 e. The van der Waals surface area contributed by atoms with E-state index in [-0.39, 0.29) is 55.6 Å². The second kappa shape index (κ2) is 21.0. The van der Waals surface area contributed by atoms with Crippen LogP contribution in [0.2, 0.25) is 0 Å². The lowest BCUT2D eigenvalue weighted by Crippen LogP contribution is -2.36. The minimum atomic E-state index is -0.518. The number of nitrogens with two attached hydrogens (primary N) is 1. The predicted octanol–water partition coefficient (Wildman–Crippen LogP) is 3.71. The number of benzene rings is 2. The van der Waals surface area contributed by atoms with Gasteiger partial charge in [0.2, 0.25) is 11.8 Å². The molecular weight excluding hydrogens is 652 g/mol. The number of anilines is 1. The van der Waals surface area contributed by atoms with E-state index in [0.29, 0.717) is 55.3 Å². The largest absolute Gasteiger partial charge is 0.448 e. The van der Waals surface area contributed by atoms with Crippen LogP contribution in [-0.4, -0.2) is 88.9 Å². The maximum absolute atomic E-state index is 13.7. The van der Waals surface area contributed by atoms with Crippen molar-refractivity contribution in [3.8, 4) is 0 Å². The maximum atomic E-state index is 13.7. The van der Waals surface area contributed by atoms with Crippen molar-refractivity contribution < 1.29 is 33.4 Å². The Balaban J connectivity index is 1.60. The van der Waals surface area contributed by atoms with Crippen LogP contribution >= 0.6 is 0 Å². The minimum Gasteiger partial charge on any atom is -0.448 e. The van der Waals surface area contributed by atoms with Crippen LogP contribution in [0, 0.1) is 0 Å². The third kappa shape index (κ3) is 13.3. The van der Waals surface area contributed by atoms with Gasteiger partial charge in [0.25, 0.3) is 0 Å². The van der Waals surface area contributed by atoms with Crippen molar-refractivity contribution in [2.45, 2.75) is 83.6 Å². The summed E-state index contributed by atoms with van der Waals surface area (Å²) in [4.78, 5) is 51.3. The molecule has 0 saturated carbocycles. The zero-order chi connectivity index (χ0) is 37.2. The molecule has 0 aliphatic carbocycles. The highest BCUT2D eigenvalue weighted by atomic mass is 16.5. The number of methoxy groups -OCH3 is 1. The summed E-state index contributed by atoms with van der Waals surface area (Å²) in [5, 5.41) is 11.9. The summed E-state index contributed by atoms with van der Waals surface area (Å²) in [5.41, 5.74) is 10.7. The number of nitrogens with zero attached hydrogens (tertiary/aromatic N) is 1. The van der Waals surface area contributed by atoms with Gasteiger partial charge in [-0.1, -0.05) is 42.5 Å². The molecule has 1 aliphatic rings. The van der Waals surface area contributed by atoms with E-state index in [9.17, 15) is 19.2 Å². The van der Waals surface area contributed by atoms with Crippen molar-refractivity contribution in [3.63, 3.8) is 0 Å². The molecule has 51 heavy (non-hydrogen) atoms. The Morgan fingerprint density at radius 3 is 2.43 bits per heavy atom. The summed E-state index contributed by atoms with van der Waals surface area (Å²) >= 11 is 0. The first-order valence-electron chi connectivity index (χ1n) is 17.7. The monoisotopic (exact) mass is 708 g/mol. The average molecular weight is 709 g/mol. The molecule has 13 heteroatoms. The topological polar surface area (TPSA) is 173 Å². The van der Waals surface area contributed by atoms with Gasteiger partial charge in [0.1, 0.15) is 12.9 Å². The van der Waals surface area contributed by atoms with Crippen LogP contribution < -0.4 is 31.9 Å². The maximum Gasteiger partial charge on any atom is 0.407 e. The Hall–Kier alpha value is -4.46. The Kier molecular flexibility index (Phi) is 16.9. The summed E-state index contributed by atoms with van der Waals surface area (Å²) in [6.45, 7) is 7.86. The van der Waals surface area contributed by atoms with Crippen LogP contribution in [0.15, 0.2) is 48.5 Å². The Labute approximate surface area is 302 Å². The van der Waals surface area contributed by atoms with Gasteiger partial charge < -0.3 is 50.9 Å². The van der Waals surface area contributed by atoms with Crippen molar-refractivity contribution in [2.24, 2.45) is 5.73 Å². The average Bonchev–Trinajstić information content (AvgIpc) is 3.13. The van der Waals surface area contributed by atoms with Crippen LogP contribution in [-0.2, 0) is 35.1 Å². The van der Waals surface area contributed by atoms with Gasteiger partial charge in [-0.25, -0.2) is 4.79 Å². The van der Waals surface area contributed by atoms with Gasteiger partial charge >= 0.3 is 6.09 Å². The molecule has 13 nitrogen and oxygen atoms in total. The Morgan fingerprint density at radius 2 is 1.71 bits per heavy atom. The van der Waals surface area contributed by atoms with E-state index in [1.165, 1.54) is 0 Å². The van der Waals surface area contributed by atoms with E-state index in [1.807, 2.05) is 69.3 Å². The number of hydrogen-bond donors (Lipinski definition) is 5. The molecule has 0 saturated heterocycles. The van der Waals surface area contributed by atoms with Crippen LogP contribution in [0.25, 0.3) is 11.4 Å². The number of nitrogens with one attached hydrogen (secondary N) is 4. The number of aldehydes is 1. The molecule has 6 N–H and O–H groups in total. The molecule has 1 aliphatic heterocycles. The lowest BCUT2D eigenvalue weighted by Gasteiger charge is -2.30. The van der Waals surface area contributed by atoms with Gasteiger partial charge in [0, 0.05) is 57.3 Å². The first-order chi connectivity index (χ1) is 24.5. The highest BCUT2D eigenvalue weighted by Gasteiger charge is 2.26. The number of unbranched alkanes of at least 4 members (excludes halogenated alkanes) is 1. The number of hydrogen-bond acceptors (Lipinski definition) is 10. The van der Waals surface area contributed by atoms with Gasteiger partial charge in [-0.3, -0.25) is 9.59 Å². The summed E-state index contributed by atoms with van der Waals surface area (Å²) < 4.78 is 16.6. The molecule has 0 bridgehead atoms. The Morgan fingerprint density at radius 1 is 0.980 bits per heavy atom. The van der Waals surface area contributed by atoms with Crippen molar-refractivity contribution in [3.05, 3.63) is 65.2 Å². The zero-order valence-electron chi connectivity index (χ0n) is 30.7. The van der Waals surface area contributed by atoms with Crippen LogP contribution in [0.5, 0.6) is 0 Å². The molecule has 2 aromatic carbocycles. The van der Waals surface area contributed by atoms with Crippen LogP contribution in [0.1, 0.15) is 76.0 Å². The lowest BCUT2D eigenvalue weighted by molar-refractivity contribution is -0.125. The fourth-order valence-electron chi connectivity index (χ4n) is 5.49. The molecule has 280 valence electrons. The van der Waals surface area contributed by atoms with E-state index in [1.54, 1.807) is 19.1 Å². The fourth-order valence-corrected chi connectivity index (χ4v) is 5.49. The van der Waals surface area contributed by atoms with Gasteiger partial charge in [-0.15, -0.1) is 0 Å². The summed E-state index contributed by atoms with van der Waals surface area (Å²) in [5.74, 6) is -0.427. The number of likely N-dealkylation sites (N-methyl/N-ethyl adjacent to an activating group) is 1. The number of rotatable bonds is 21. The molecule has 0 radical (unpaired) electrons. The quantitative estimate of drug-likeness (QED) is 0.0951. The van der Waals surface area contributed by atoms with Crippen LogP contribution in [0.4, 0.5) is 10.5 Å². The molecule has 2 aromatic rings. The second-order valence-electron chi connectivity index (χ2n) is 13.2. The summed E-state index contributed by atoms with van der Waals surface area (Å²) in [6.07, 6.45) is 3.19. The zero-order valence-corrected chi connectivity index (χ0v) is 30.7. The SMILES string of the molecule is CNC(C=O)CCCCNC(=O)OCCN/C1=C(\N)c2ccccc2N(C(=O)CCC(=O)NCC(C)OCCC(C)(C)OC)Cc2ccccc21. The first-order valence-corrected chi connectivity index (χ1v) is 17.7. The first kappa shape index (κ1) is 41.0. The van der Waals surface area contributed by atoms with E-state index < -0.39 is 6.09 Å². The van der Waals surface area contributed by atoms with Gasteiger partial charge in [-0.2, -0.15) is 0 Å². The van der Waals surface area contributed by atoms with Crippen molar-refractivity contribution in [1.82, 2.24) is 21.3 Å². The van der Waals surface area contributed by atoms with Crippen molar-refractivity contribution in [2.75, 3.05) is 51.9 Å². The standard InChI is InChI=1S/C38H56N6O7/c1-27(50-22-19-38(2,3)49-5)24-43-33(46)17-18-34(47)44-25-28-12-6-7-14-30(28)36(35(39)31-15-8-9-16-32(31)44)41-21-23-51-37(48)42-20-11-10-13-29(26-45)40-4/h6-9,12,14-16,26-27,29,40-41H,10-11,13,17-25,39H2,1-5H3,(H,42,48)(H,43,46)/b36-35-. The number of carbonyl (C=O) groups excluding carboxylic acids is 4. The second-order valence-corrected chi connectivity index (χ2v) is 13.2. The number of fused-ring (bicyclic) bond motifs is 2. The predicted molar refractivity (Wildman–Crippen MR) is 199 cm³/mol. The third-order valence-electron chi connectivity index (χ3n) is 8.87. The van der Waals surface area contributed by atoms with Crippen molar-refractivity contribution >= 4 is 41.3 Å². The highest BCUT2D eigenvalue weighted by Crippen LogP contribution is 2.35. The van der Waals surface area contributed by atoms with E-state index in [4.69, 9.17) is 19.9 Å². The molecule has 1 heterocycles. The molecule has 0 spiro atoms. The molecule has 3 rings (SSSR count). The number of alkyl carbamates (subject to hydrolysis) is 1. The molecule has 0 aromatic heterocycles. The van der Waals surface area contributed by atoms with Gasteiger partial charge in [0.15, 0.2) is 0 Å². The van der Waals surface area contributed by atoms with Gasteiger partial charge in [-0.05, 0) is 65.1 Å². The minimum absolute atomic E-state index is 0.0168. The lowest BCUT2D eigenvalue weighted by atomic mass is 9.95.